The zero-order chi connectivity index (χ0) is 9.47. The molecule has 1 saturated heterocycles. The van der Waals surface area contributed by atoms with Crippen LogP contribution in [0.2, 0.25) is 0 Å². The molecule has 4 nitrogen and oxygen atoms in total. The third-order valence-corrected chi connectivity index (χ3v) is 3.26. The summed E-state index contributed by atoms with van der Waals surface area (Å²) in [4.78, 5) is 12.9. The number of methoxy groups -OCH3 is 1. The first-order chi connectivity index (χ1) is 6.15. The van der Waals surface area contributed by atoms with E-state index < -0.39 is 0 Å². The second kappa shape index (κ2) is 2.87. The first-order valence-corrected chi connectivity index (χ1v) is 4.77. The Bertz CT molecular complexity index is 226. The van der Waals surface area contributed by atoms with E-state index in [4.69, 9.17) is 5.73 Å². The van der Waals surface area contributed by atoms with E-state index in [0.717, 1.165) is 32.4 Å². The number of carbonyl (C=O) groups excluding carboxylic acids is 1. The van der Waals surface area contributed by atoms with Crippen LogP contribution in [0.1, 0.15) is 19.3 Å². The van der Waals surface area contributed by atoms with Gasteiger partial charge < -0.3 is 15.4 Å². The Hall–Kier alpha value is -0.770. The highest BCUT2D eigenvalue weighted by atomic mass is 16.5. The summed E-state index contributed by atoms with van der Waals surface area (Å²) in [5.74, 6) is 0.492. The van der Waals surface area contributed by atoms with Gasteiger partial charge in [-0.25, -0.2) is 4.79 Å². The van der Waals surface area contributed by atoms with Gasteiger partial charge in [0.25, 0.3) is 0 Å². The quantitative estimate of drug-likeness (QED) is 0.648. The molecule has 13 heavy (non-hydrogen) atoms. The van der Waals surface area contributed by atoms with Crippen molar-refractivity contribution in [3.05, 3.63) is 0 Å². The van der Waals surface area contributed by atoms with Crippen LogP contribution < -0.4 is 5.73 Å². The largest absolute Gasteiger partial charge is 0.453 e. The molecule has 1 unspecified atom stereocenters. The van der Waals surface area contributed by atoms with Gasteiger partial charge in [0.2, 0.25) is 0 Å². The van der Waals surface area contributed by atoms with Crippen molar-refractivity contribution in [2.75, 3.05) is 20.2 Å². The maximum absolute atomic E-state index is 11.2. The summed E-state index contributed by atoms with van der Waals surface area (Å²) in [6.07, 6.45) is 3.05. The minimum atomic E-state index is -0.216. The number of rotatable bonds is 1. The Labute approximate surface area is 78.0 Å². The number of likely N-dealkylation sites (tertiary alicyclic amines) is 1. The molecule has 2 rings (SSSR count). The highest BCUT2D eigenvalue weighted by Gasteiger charge is 2.48. The van der Waals surface area contributed by atoms with E-state index in [0.29, 0.717) is 5.92 Å². The van der Waals surface area contributed by atoms with E-state index in [1.807, 2.05) is 0 Å². The summed E-state index contributed by atoms with van der Waals surface area (Å²) in [5.41, 5.74) is 6.12. The van der Waals surface area contributed by atoms with E-state index in [9.17, 15) is 4.79 Å². The number of carbonyl (C=O) groups is 1. The fourth-order valence-electron chi connectivity index (χ4n) is 2.08. The molecule has 2 N–H and O–H groups in total. The molecule has 1 saturated carbocycles. The molecule has 0 aromatic carbocycles. The Morgan fingerprint density at radius 1 is 1.62 bits per heavy atom. The van der Waals surface area contributed by atoms with Crippen LogP contribution in [0.4, 0.5) is 4.79 Å². The fourth-order valence-corrected chi connectivity index (χ4v) is 2.08. The first kappa shape index (κ1) is 8.81. The normalized spacial score (nSPS) is 30.3. The second-order valence-corrected chi connectivity index (χ2v) is 4.13. The van der Waals surface area contributed by atoms with Gasteiger partial charge >= 0.3 is 6.09 Å². The molecule has 0 aromatic heterocycles. The molecule has 1 aliphatic carbocycles. The number of ether oxygens (including phenoxy) is 1. The molecule has 0 spiro atoms. The van der Waals surface area contributed by atoms with Crippen LogP contribution in [0, 0.1) is 5.92 Å². The summed E-state index contributed by atoms with van der Waals surface area (Å²) in [7, 11) is 1.42. The van der Waals surface area contributed by atoms with Crippen LogP contribution in [0.25, 0.3) is 0 Å². The van der Waals surface area contributed by atoms with Crippen LogP contribution in [0.3, 0.4) is 0 Å². The average Bonchev–Trinajstić information content (AvgIpc) is 2.72. The molecule has 0 radical (unpaired) electrons. The van der Waals surface area contributed by atoms with Crippen molar-refractivity contribution in [1.82, 2.24) is 4.90 Å². The van der Waals surface area contributed by atoms with Crippen molar-refractivity contribution in [3.63, 3.8) is 0 Å². The van der Waals surface area contributed by atoms with Crippen LogP contribution in [-0.2, 0) is 4.74 Å². The van der Waals surface area contributed by atoms with Crippen LogP contribution in [-0.4, -0.2) is 36.7 Å². The molecular weight excluding hydrogens is 168 g/mol. The van der Waals surface area contributed by atoms with E-state index in [-0.39, 0.29) is 11.6 Å². The van der Waals surface area contributed by atoms with Crippen molar-refractivity contribution in [3.8, 4) is 0 Å². The van der Waals surface area contributed by atoms with Gasteiger partial charge in [0.15, 0.2) is 0 Å². The average molecular weight is 184 g/mol. The van der Waals surface area contributed by atoms with Crippen molar-refractivity contribution >= 4 is 6.09 Å². The zero-order valence-electron chi connectivity index (χ0n) is 7.95. The van der Waals surface area contributed by atoms with Crippen molar-refractivity contribution in [2.24, 2.45) is 11.7 Å². The fraction of sp³-hybridized carbons (Fsp3) is 0.889. The van der Waals surface area contributed by atoms with Gasteiger partial charge in [0, 0.05) is 18.6 Å². The Balaban J connectivity index is 1.90. The molecular formula is C9H16N2O2. The summed E-state index contributed by atoms with van der Waals surface area (Å²) < 4.78 is 4.66. The first-order valence-electron chi connectivity index (χ1n) is 4.77. The lowest BCUT2D eigenvalue weighted by Gasteiger charge is -2.18. The van der Waals surface area contributed by atoms with Gasteiger partial charge in [-0.3, -0.25) is 0 Å². The summed E-state index contributed by atoms with van der Waals surface area (Å²) in [6, 6.07) is 0. The monoisotopic (exact) mass is 184 g/mol. The Morgan fingerprint density at radius 2 is 2.31 bits per heavy atom. The second-order valence-electron chi connectivity index (χ2n) is 4.13. The van der Waals surface area contributed by atoms with E-state index in [1.54, 1.807) is 4.90 Å². The molecule has 1 aliphatic heterocycles. The van der Waals surface area contributed by atoms with Gasteiger partial charge in [-0.15, -0.1) is 0 Å². The van der Waals surface area contributed by atoms with Gasteiger partial charge in [0.1, 0.15) is 0 Å². The maximum Gasteiger partial charge on any atom is 0.409 e. The lowest BCUT2D eigenvalue weighted by Crippen LogP contribution is -2.36. The number of amides is 1. The predicted octanol–water partition coefficient (Wildman–Crippen LogP) is 0.566. The molecule has 0 bridgehead atoms. The standard InChI is InChI=1S/C9H16N2O2/c1-13-8(12)11-5-2-7(6-11)9(10)3-4-9/h7H,2-6,10H2,1H3. The third kappa shape index (κ3) is 1.50. The van der Waals surface area contributed by atoms with Crippen molar-refractivity contribution < 1.29 is 9.53 Å². The Morgan fingerprint density at radius 3 is 2.85 bits per heavy atom. The topological polar surface area (TPSA) is 55.6 Å². The Kier molecular flexibility index (Phi) is 1.95. The van der Waals surface area contributed by atoms with Crippen molar-refractivity contribution in [2.45, 2.75) is 24.8 Å². The highest BCUT2D eigenvalue weighted by Crippen LogP contribution is 2.43. The summed E-state index contributed by atoms with van der Waals surface area (Å²) >= 11 is 0. The molecule has 2 aliphatic rings. The van der Waals surface area contributed by atoms with Gasteiger partial charge in [-0.1, -0.05) is 0 Å². The molecule has 1 amide bonds. The van der Waals surface area contributed by atoms with E-state index >= 15 is 0 Å². The zero-order valence-corrected chi connectivity index (χ0v) is 7.95. The van der Waals surface area contributed by atoms with E-state index in [1.165, 1.54) is 7.11 Å². The van der Waals surface area contributed by atoms with Crippen LogP contribution >= 0.6 is 0 Å². The smallest absolute Gasteiger partial charge is 0.409 e. The number of nitrogens with zero attached hydrogens (tertiary/aromatic N) is 1. The third-order valence-electron chi connectivity index (χ3n) is 3.26. The van der Waals surface area contributed by atoms with E-state index in [2.05, 4.69) is 4.74 Å². The summed E-state index contributed by atoms with van der Waals surface area (Å²) in [5, 5.41) is 0. The molecule has 1 heterocycles. The SMILES string of the molecule is COC(=O)N1CCC(C2(N)CC2)C1. The van der Waals surface area contributed by atoms with Gasteiger partial charge in [-0.05, 0) is 25.2 Å². The molecule has 74 valence electrons. The highest BCUT2D eigenvalue weighted by molar-refractivity contribution is 5.67. The molecule has 4 heteroatoms. The van der Waals surface area contributed by atoms with Gasteiger partial charge in [0.05, 0.1) is 7.11 Å². The number of hydrogen-bond acceptors (Lipinski definition) is 3. The lowest BCUT2D eigenvalue weighted by atomic mass is 9.98. The maximum atomic E-state index is 11.2. The predicted molar refractivity (Wildman–Crippen MR) is 48.2 cm³/mol. The van der Waals surface area contributed by atoms with Crippen LogP contribution in [0.5, 0.6) is 0 Å². The summed E-state index contributed by atoms with van der Waals surface area (Å²) in [6.45, 7) is 1.58. The molecule has 2 fully saturated rings. The molecule has 0 aromatic rings. The number of nitrogens with two attached hydrogens (primary N) is 1. The van der Waals surface area contributed by atoms with Crippen molar-refractivity contribution in [1.29, 1.82) is 0 Å². The lowest BCUT2D eigenvalue weighted by molar-refractivity contribution is 0.131. The van der Waals surface area contributed by atoms with Crippen LogP contribution in [0.15, 0.2) is 0 Å². The number of hydrogen-bond donors (Lipinski definition) is 1. The minimum Gasteiger partial charge on any atom is -0.453 e. The molecule has 1 atom stereocenters. The van der Waals surface area contributed by atoms with Gasteiger partial charge in [-0.2, -0.15) is 0 Å². The minimum absolute atomic E-state index is 0.0444.